The maximum Gasteiger partial charge on any atom is 0.290 e. The molecular weight excluding hydrogens is 508 g/mol. The van der Waals surface area contributed by atoms with Crippen molar-refractivity contribution in [3.8, 4) is 11.1 Å². The molecule has 1 amide bonds. The highest BCUT2D eigenvalue weighted by atomic mass is 35.5. The zero-order valence-corrected chi connectivity index (χ0v) is 20.5. The number of anilines is 2. The molecule has 13 heteroatoms. The van der Waals surface area contributed by atoms with Gasteiger partial charge in [-0.2, -0.15) is 10.2 Å². The highest BCUT2D eigenvalue weighted by Crippen LogP contribution is 2.43. The number of carbonyl (C=O) groups is 2. The van der Waals surface area contributed by atoms with Crippen molar-refractivity contribution >= 4 is 51.9 Å². The highest BCUT2D eigenvalue weighted by molar-refractivity contribution is 6.36. The van der Waals surface area contributed by atoms with Crippen LogP contribution in [-0.4, -0.2) is 81.6 Å². The number of halogens is 3. The van der Waals surface area contributed by atoms with Crippen molar-refractivity contribution in [2.75, 3.05) is 43.4 Å². The number of hydrogen-bond donors (Lipinski definition) is 3. The molecule has 3 N–H and O–H groups in total. The van der Waals surface area contributed by atoms with Crippen molar-refractivity contribution in [2.45, 2.75) is 12.6 Å². The van der Waals surface area contributed by atoms with E-state index in [1.165, 1.54) is 0 Å². The van der Waals surface area contributed by atoms with Crippen molar-refractivity contribution in [3.05, 3.63) is 41.4 Å². The number of amides is 1. The van der Waals surface area contributed by atoms with Crippen LogP contribution in [0.3, 0.4) is 0 Å². The minimum atomic E-state index is -1.08. The summed E-state index contributed by atoms with van der Waals surface area (Å²) in [5, 5.41) is 21.8. The van der Waals surface area contributed by atoms with Crippen LogP contribution in [0.25, 0.3) is 27.5 Å². The van der Waals surface area contributed by atoms with Crippen LogP contribution in [0.1, 0.15) is 6.42 Å². The second kappa shape index (κ2) is 9.94. The van der Waals surface area contributed by atoms with Crippen molar-refractivity contribution < 1.29 is 23.5 Å². The summed E-state index contributed by atoms with van der Waals surface area (Å²) in [7, 11) is 2.04. The van der Waals surface area contributed by atoms with Crippen molar-refractivity contribution in [1.29, 1.82) is 0 Å². The number of carbonyl (C=O) groups excluding carboxylic acids is 1. The molecule has 3 aromatic heterocycles. The number of likely N-dealkylation sites (N-methyl/N-ethyl adjacent to an activating group) is 1. The number of carboxylic acid groups (broad SMARTS) is 1. The molecule has 0 radical (unpaired) electrons. The number of H-pyrrole nitrogens is 1. The average molecular weight is 532 g/mol. The zero-order chi connectivity index (χ0) is 26.3. The van der Waals surface area contributed by atoms with Crippen LogP contribution in [0, 0.1) is 11.7 Å². The van der Waals surface area contributed by atoms with E-state index in [1.54, 1.807) is 29.0 Å². The molecule has 1 saturated heterocycles. The summed E-state index contributed by atoms with van der Waals surface area (Å²) in [6.45, 7) is 2.80. The van der Waals surface area contributed by atoms with E-state index in [4.69, 9.17) is 21.5 Å². The molecule has 10 nitrogen and oxygen atoms in total. The number of aromatic amines is 1. The van der Waals surface area contributed by atoms with Gasteiger partial charge < -0.3 is 20.2 Å². The molecular formula is C24H24ClF2N7O3. The van der Waals surface area contributed by atoms with Gasteiger partial charge in [-0.1, -0.05) is 11.6 Å². The Labute approximate surface area is 214 Å². The lowest BCUT2D eigenvalue weighted by atomic mass is 10.0. The van der Waals surface area contributed by atoms with Gasteiger partial charge >= 0.3 is 0 Å². The number of nitrogens with one attached hydrogen (secondary N) is 2. The summed E-state index contributed by atoms with van der Waals surface area (Å²) in [6, 6.07) is 5.29. The van der Waals surface area contributed by atoms with Crippen molar-refractivity contribution in [2.24, 2.45) is 5.92 Å². The van der Waals surface area contributed by atoms with E-state index in [9.17, 15) is 9.18 Å². The molecule has 0 unspecified atom stereocenters. The minimum Gasteiger partial charge on any atom is -0.483 e. The Bertz CT molecular complexity index is 1480. The summed E-state index contributed by atoms with van der Waals surface area (Å²) in [4.78, 5) is 24.6. The van der Waals surface area contributed by atoms with Crippen molar-refractivity contribution in [3.63, 3.8) is 0 Å². The smallest absolute Gasteiger partial charge is 0.290 e. The number of alkyl halides is 1. The third kappa shape index (κ3) is 4.69. The third-order valence-electron chi connectivity index (χ3n) is 6.64. The van der Waals surface area contributed by atoms with E-state index in [0.29, 0.717) is 46.8 Å². The number of hydrogen-bond acceptors (Lipinski definition) is 6. The minimum absolute atomic E-state index is 0.0305. The van der Waals surface area contributed by atoms with E-state index in [2.05, 4.69) is 25.5 Å². The Balaban J connectivity index is 0.000000892. The summed E-state index contributed by atoms with van der Waals surface area (Å²) in [5.41, 5.74) is 2.95. The molecule has 194 valence electrons. The molecule has 0 bridgehead atoms. The van der Waals surface area contributed by atoms with Gasteiger partial charge in [-0.15, -0.1) is 0 Å². The molecule has 6 rings (SSSR count). The van der Waals surface area contributed by atoms with Gasteiger partial charge in [-0.3, -0.25) is 14.7 Å². The Morgan fingerprint density at radius 1 is 1.30 bits per heavy atom. The first-order valence-corrected chi connectivity index (χ1v) is 12.0. The molecule has 4 heterocycles. The first-order chi connectivity index (χ1) is 17.8. The van der Waals surface area contributed by atoms with Gasteiger partial charge in [0.1, 0.15) is 11.9 Å². The predicted octanol–water partition coefficient (Wildman–Crippen LogP) is 3.42. The van der Waals surface area contributed by atoms with Gasteiger partial charge in [0.05, 0.1) is 28.2 Å². The molecule has 2 aliphatic rings. The number of benzene rings is 1. The highest BCUT2D eigenvalue weighted by Gasteiger charge is 2.43. The monoisotopic (exact) mass is 531 g/mol. The molecule has 37 heavy (non-hydrogen) atoms. The molecule has 1 aliphatic heterocycles. The second-order valence-corrected chi connectivity index (χ2v) is 9.45. The maximum atomic E-state index is 15.7. The van der Waals surface area contributed by atoms with Gasteiger partial charge in [-0.25, -0.2) is 13.3 Å². The lowest BCUT2D eigenvalue weighted by Crippen LogP contribution is -2.45. The summed E-state index contributed by atoms with van der Waals surface area (Å²) in [6.07, 6.45) is 2.54. The standard InChI is InChI=1S/C23H22ClF2N7O.CH2O2/c1-31-4-6-32(7-5-31)22-20(26)19(24)18(15-11-27-29-21(15)22)12-2-3-33-13(8-12)9-17(30-33)28-23(34)14-10-16(14)25;2-1-3/h2-3,8-9,11,14,16H,4-7,10H2,1H3,(H,27,29)(H,28,30,34);1H,(H,2,3)/t14-,16+;/m1./s1. The number of nitrogens with zero attached hydrogens (tertiary/aromatic N) is 5. The van der Waals surface area contributed by atoms with Crippen LogP contribution in [0.4, 0.5) is 20.3 Å². The predicted molar refractivity (Wildman–Crippen MR) is 135 cm³/mol. The second-order valence-electron chi connectivity index (χ2n) is 9.07. The van der Waals surface area contributed by atoms with Gasteiger partial charge in [0.25, 0.3) is 6.47 Å². The van der Waals surface area contributed by atoms with E-state index in [-0.39, 0.29) is 23.8 Å². The van der Waals surface area contributed by atoms with E-state index < -0.39 is 17.9 Å². The summed E-state index contributed by atoms with van der Waals surface area (Å²) < 4.78 is 30.4. The fourth-order valence-corrected chi connectivity index (χ4v) is 4.87. The van der Waals surface area contributed by atoms with Crippen LogP contribution in [0.2, 0.25) is 5.02 Å². The maximum absolute atomic E-state index is 15.7. The van der Waals surface area contributed by atoms with Crippen LogP contribution in [0.5, 0.6) is 0 Å². The number of fused-ring (bicyclic) bond motifs is 2. The largest absolute Gasteiger partial charge is 0.483 e. The van der Waals surface area contributed by atoms with Crippen LogP contribution in [-0.2, 0) is 9.59 Å². The lowest BCUT2D eigenvalue weighted by molar-refractivity contribution is -0.123. The van der Waals surface area contributed by atoms with Crippen LogP contribution in [0.15, 0.2) is 30.6 Å². The Morgan fingerprint density at radius 3 is 2.68 bits per heavy atom. The summed E-state index contributed by atoms with van der Waals surface area (Å²) in [5.74, 6) is -1.13. The molecule has 1 saturated carbocycles. The van der Waals surface area contributed by atoms with Gasteiger partial charge in [-0.05, 0) is 31.2 Å². The molecule has 1 aromatic carbocycles. The van der Waals surface area contributed by atoms with Gasteiger partial charge in [0.2, 0.25) is 5.91 Å². The molecule has 0 spiro atoms. The number of pyridine rings is 1. The van der Waals surface area contributed by atoms with Crippen molar-refractivity contribution in [1.82, 2.24) is 24.7 Å². The van der Waals surface area contributed by atoms with E-state index >= 15 is 4.39 Å². The molecule has 2 atom stereocenters. The zero-order valence-electron chi connectivity index (χ0n) is 19.8. The first-order valence-electron chi connectivity index (χ1n) is 11.6. The van der Waals surface area contributed by atoms with E-state index in [1.807, 2.05) is 18.0 Å². The number of piperazine rings is 1. The van der Waals surface area contributed by atoms with Gasteiger partial charge in [0, 0.05) is 49.4 Å². The van der Waals surface area contributed by atoms with Crippen LogP contribution >= 0.6 is 11.6 Å². The fourth-order valence-electron chi connectivity index (χ4n) is 4.57. The third-order valence-corrected chi connectivity index (χ3v) is 6.99. The SMILES string of the molecule is CN1CCN(c2c(F)c(Cl)c(-c3ccn4nc(NC(=O)[C@@H]5C[C@@H]5F)cc4c3)c3cn[nH]c23)CC1.O=CO. The Hall–Kier alpha value is -3.77. The average Bonchev–Trinajstić information content (AvgIpc) is 3.23. The number of aromatic nitrogens is 4. The Kier molecular flexibility index (Phi) is 6.69. The number of rotatable bonds is 4. The van der Waals surface area contributed by atoms with Crippen LogP contribution < -0.4 is 10.2 Å². The quantitative estimate of drug-likeness (QED) is 0.345. The molecule has 4 aromatic rings. The Morgan fingerprint density at radius 2 is 2.00 bits per heavy atom. The molecule has 1 aliphatic carbocycles. The lowest BCUT2D eigenvalue weighted by Gasteiger charge is -2.34. The molecule has 2 fully saturated rings. The first kappa shape index (κ1) is 24.9. The normalized spacial score (nSPS) is 19.5. The topological polar surface area (TPSA) is 119 Å². The van der Waals surface area contributed by atoms with E-state index in [0.717, 1.165) is 18.5 Å². The fraction of sp³-hybridized carbons (Fsp3) is 0.333. The van der Waals surface area contributed by atoms with Gasteiger partial charge in [0.15, 0.2) is 11.6 Å². The summed E-state index contributed by atoms with van der Waals surface area (Å²) >= 11 is 6.63.